The molecule has 1 aliphatic carbocycles. The normalized spacial score (nSPS) is 26.8. The van der Waals surface area contributed by atoms with Crippen molar-refractivity contribution in [2.45, 2.75) is 46.1 Å². The molecule has 5 nitrogen and oxygen atoms in total. The van der Waals surface area contributed by atoms with Crippen molar-refractivity contribution in [3.63, 3.8) is 0 Å². The minimum Gasteiger partial charge on any atom is -0.393 e. The fraction of sp³-hybridized carbons (Fsp3) is 0.500. The van der Waals surface area contributed by atoms with Crippen LogP contribution in [0.25, 0.3) is 0 Å². The Hall–Kier alpha value is -2.37. The van der Waals surface area contributed by atoms with E-state index in [1.165, 1.54) is 18.8 Å². The van der Waals surface area contributed by atoms with Gasteiger partial charge in [0, 0.05) is 12.6 Å². The first-order valence-electron chi connectivity index (χ1n) is 9.15. The molecule has 2 aromatic rings. The molecule has 3 N–H and O–H groups in total. The molecule has 4 rings (SSSR count). The molecular weight excluding hydrogens is 329 g/mol. The zero-order valence-electron chi connectivity index (χ0n) is 15.6. The van der Waals surface area contributed by atoms with Gasteiger partial charge in [0.1, 0.15) is 17.8 Å². The lowest BCUT2D eigenvalue weighted by Crippen LogP contribution is -2.35. The van der Waals surface area contributed by atoms with Gasteiger partial charge in [-0.25, -0.2) is 14.4 Å². The van der Waals surface area contributed by atoms with Crippen LogP contribution in [-0.2, 0) is 0 Å². The third-order valence-electron chi connectivity index (χ3n) is 5.68. The molecule has 1 aliphatic heterocycles. The topological polar surface area (TPSA) is 67.1 Å². The lowest BCUT2D eigenvalue weighted by molar-refractivity contribution is 0.136. The van der Waals surface area contributed by atoms with Gasteiger partial charge in [-0.15, -0.1) is 0 Å². The van der Waals surface area contributed by atoms with Crippen molar-refractivity contribution in [2.24, 2.45) is 10.8 Å². The van der Waals surface area contributed by atoms with Crippen LogP contribution in [-0.4, -0.2) is 22.6 Å². The summed E-state index contributed by atoms with van der Waals surface area (Å²) in [6.07, 6.45) is 5.00. The van der Waals surface area contributed by atoms with Gasteiger partial charge in [-0.3, -0.25) is 0 Å². The number of rotatable bonds is 3. The molecule has 138 valence electrons. The summed E-state index contributed by atoms with van der Waals surface area (Å²) in [6.45, 7) is 7.99. The van der Waals surface area contributed by atoms with Gasteiger partial charge in [0.05, 0.1) is 5.69 Å². The number of anilines is 4. The second-order valence-corrected chi connectivity index (χ2v) is 8.91. The molecule has 2 aliphatic rings. The summed E-state index contributed by atoms with van der Waals surface area (Å²) in [5.74, 6) is 0.870. The summed E-state index contributed by atoms with van der Waals surface area (Å²) < 4.78 is 14.0. The summed E-state index contributed by atoms with van der Waals surface area (Å²) >= 11 is 0. The van der Waals surface area contributed by atoms with Gasteiger partial charge in [-0.05, 0) is 42.2 Å². The van der Waals surface area contributed by atoms with E-state index in [1.807, 2.05) is 0 Å². The first-order valence-corrected chi connectivity index (χ1v) is 9.15. The minimum absolute atomic E-state index is 0.281. The van der Waals surface area contributed by atoms with Crippen LogP contribution < -0.4 is 16.0 Å². The zero-order valence-corrected chi connectivity index (χ0v) is 15.6. The summed E-state index contributed by atoms with van der Waals surface area (Å²) in [5.41, 5.74) is 7.84. The fourth-order valence-electron chi connectivity index (χ4n) is 5.11. The van der Waals surface area contributed by atoms with Crippen molar-refractivity contribution in [1.29, 1.82) is 0 Å². The largest absolute Gasteiger partial charge is 0.393 e. The number of nitrogen functional groups attached to an aromatic ring is 1. The highest BCUT2D eigenvalue weighted by atomic mass is 19.1. The van der Waals surface area contributed by atoms with Gasteiger partial charge in [0.15, 0.2) is 11.6 Å². The third-order valence-corrected chi connectivity index (χ3v) is 5.68. The maximum absolute atomic E-state index is 14.0. The summed E-state index contributed by atoms with van der Waals surface area (Å²) in [7, 11) is 0. The van der Waals surface area contributed by atoms with Gasteiger partial charge in [0.2, 0.25) is 0 Å². The molecule has 2 unspecified atom stereocenters. The van der Waals surface area contributed by atoms with Crippen molar-refractivity contribution in [1.82, 2.24) is 9.97 Å². The summed E-state index contributed by atoms with van der Waals surface area (Å²) in [4.78, 5) is 11.0. The quantitative estimate of drug-likeness (QED) is 0.857. The smallest absolute Gasteiger partial charge is 0.159 e. The van der Waals surface area contributed by atoms with Crippen LogP contribution in [0.1, 0.15) is 40.0 Å². The molecule has 0 spiro atoms. The number of nitrogens with zero attached hydrogens (tertiary/aromatic N) is 3. The standard InChI is InChI=1S/C20H26FN5/c1-19(2)8-13-9-20(3,10-19)11-26(13)18-16(22)17(23-12-24-18)25-15-7-5-4-6-14(15)21/h4-7,12-13H,8-11,22H2,1-3H3,(H,23,24,25). The second kappa shape index (κ2) is 5.83. The average molecular weight is 355 g/mol. The Morgan fingerprint density at radius 3 is 2.73 bits per heavy atom. The van der Waals surface area contributed by atoms with E-state index >= 15 is 0 Å². The Labute approximate surface area is 153 Å². The number of para-hydroxylation sites is 1. The molecule has 26 heavy (non-hydrogen) atoms. The zero-order chi connectivity index (χ0) is 18.5. The molecule has 2 fully saturated rings. The van der Waals surface area contributed by atoms with E-state index in [1.54, 1.807) is 18.2 Å². The number of nitrogens with one attached hydrogen (secondary N) is 1. The highest BCUT2D eigenvalue weighted by Gasteiger charge is 2.50. The lowest BCUT2D eigenvalue weighted by Gasteiger charge is -2.39. The van der Waals surface area contributed by atoms with E-state index in [9.17, 15) is 4.39 Å². The molecular formula is C20H26FN5. The Kier molecular flexibility index (Phi) is 3.82. The molecule has 2 atom stereocenters. The van der Waals surface area contributed by atoms with E-state index in [-0.39, 0.29) is 11.2 Å². The fourth-order valence-corrected chi connectivity index (χ4v) is 5.11. The van der Waals surface area contributed by atoms with Crippen LogP contribution in [0.4, 0.5) is 27.4 Å². The predicted molar refractivity (Wildman–Crippen MR) is 103 cm³/mol. The molecule has 2 heterocycles. The van der Waals surface area contributed by atoms with Crippen LogP contribution in [0.2, 0.25) is 0 Å². The van der Waals surface area contributed by atoms with Crippen LogP contribution in [0, 0.1) is 16.6 Å². The highest BCUT2D eigenvalue weighted by molar-refractivity contribution is 5.78. The maximum Gasteiger partial charge on any atom is 0.159 e. The third kappa shape index (κ3) is 2.97. The Morgan fingerprint density at radius 2 is 1.96 bits per heavy atom. The van der Waals surface area contributed by atoms with E-state index in [4.69, 9.17) is 5.73 Å². The number of fused-ring (bicyclic) bond motifs is 2. The number of aromatic nitrogens is 2. The molecule has 6 heteroatoms. The second-order valence-electron chi connectivity index (χ2n) is 8.91. The van der Waals surface area contributed by atoms with Crippen molar-refractivity contribution >= 4 is 23.0 Å². The van der Waals surface area contributed by atoms with E-state index < -0.39 is 0 Å². The van der Waals surface area contributed by atoms with Crippen molar-refractivity contribution in [3.8, 4) is 0 Å². The van der Waals surface area contributed by atoms with E-state index in [0.29, 0.717) is 28.6 Å². The van der Waals surface area contributed by atoms with Gasteiger partial charge < -0.3 is 16.0 Å². The highest BCUT2D eigenvalue weighted by Crippen LogP contribution is 2.54. The van der Waals surface area contributed by atoms with Crippen molar-refractivity contribution < 1.29 is 4.39 Å². The molecule has 2 bridgehead atoms. The molecule has 0 amide bonds. The monoisotopic (exact) mass is 355 g/mol. The Bertz CT molecular complexity index is 837. The van der Waals surface area contributed by atoms with Crippen LogP contribution in [0.5, 0.6) is 0 Å². The van der Waals surface area contributed by atoms with Crippen LogP contribution in [0.3, 0.4) is 0 Å². The maximum atomic E-state index is 14.0. The number of benzene rings is 1. The van der Waals surface area contributed by atoms with Crippen LogP contribution >= 0.6 is 0 Å². The molecule has 1 aromatic carbocycles. The number of hydrogen-bond donors (Lipinski definition) is 2. The average Bonchev–Trinajstić information content (AvgIpc) is 2.80. The number of hydrogen-bond acceptors (Lipinski definition) is 5. The van der Waals surface area contributed by atoms with Gasteiger partial charge in [-0.2, -0.15) is 0 Å². The molecule has 0 radical (unpaired) electrons. The van der Waals surface area contributed by atoms with E-state index in [0.717, 1.165) is 25.2 Å². The lowest BCUT2D eigenvalue weighted by atomic mass is 9.65. The first-order chi connectivity index (χ1) is 12.3. The van der Waals surface area contributed by atoms with E-state index in [2.05, 4.69) is 41.0 Å². The first kappa shape index (κ1) is 17.1. The molecule has 1 saturated carbocycles. The van der Waals surface area contributed by atoms with Gasteiger partial charge >= 0.3 is 0 Å². The van der Waals surface area contributed by atoms with Crippen molar-refractivity contribution in [2.75, 3.05) is 22.5 Å². The van der Waals surface area contributed by atoms with Crippen molar-refractivity contribution in [3.05, 3.63) is 36.4 Å². The Balaban J connectivity index is 1.66. The summed E-state index contributed by atoms with van der Waals surface area (Å²) in [6, 6.07) is 6.94. The van der Waals surface area contributed by atoms with Gasteiger partial charge in [0.25, 0.3) is 0 Å². The minimum atomic E-state index is -0.335. The van der Waals surface area contributed by atoms with Gasteiger partial charge in [-0.1, -0.05) is 32.9 Å². The molecule has 1 aromatic heterocycles. The molecule has 1 saturated heterocycles. The summed E-state index contributed by atoms with van der Waals surface area (Å²) in [5, 5.41) is 3.01. The SMILES string of the molecule is CC1(C)CC2CC(C)(CN2c2ncnc(Nc3ccccc3F)c2N)C1. The Morgan fingerprint density at radius 1 is 1.19 bits per heavy atom. The predicted octanol–water partition coefficient (Wildman–Crippen LogP) is 4.35. The van der Waals surface area contributed by atoms with Crippen LogP contribution in [0.15, 0.2) is 30.6 Å². The number of halogens is 1. The number of nitrogens with two attached hydrogens (primary N) is 1.